The van der Waals surface area contributed by atoms with E-state index in [2.05, 4.69) is 75.7 Å². The highest BCUT2D eigenvalue weighted by Gasteiger charge is 2.24. The van der Waals surface area contributed by atoms with E-state index >= 15 is 0 Å². The molecule has 0 saturated carbocycles. The molecule has 0 aliphatic rings. The molecule has 0 N–H and O–H groups in total. The van der Waals surface area contributed by atoms with Crippen LogP contribution < -0.4 is 0 Å². The summed E-state index contributed by atoms with van der Waals surface area (Å²) >= 11 is 3.59. The van der Waals surface area contributed by atoms with Gasteiger partial charge in [-0.2, -0.15) is 0 Å². The summed E-state index contributed by atoms with van der Waals surface area (Å²) in [5.74, 6) is 0. The molecule has 0 fully saturated rings. The van der Waals surface area contributed by atoms with Gasteiger partial charge in [0.15, 0.2) is 0 Å². The van der Waals surface area contributed by atoms with E-state index in [9.17, 15) is 0 Å². The monoisotopic (exact) mass is 296 g/mol. The summed E-state index contributed by atoms with van der Waals surface area (Å²) in [7, 11) is 0. The molecule has 0 aliphatic heterocycles. The highest BCUT2D eigenvalue weighted by molar-refractivity contribution is 9.09. The zero-order valence-electron chi connectivity index (χ0n) is 12.0. The summed E-state index contributed by atoms with van der Waals surface area (Å²) in [6.07, 6.45) is 1.11. The maximum absolute atomic E-state index is 3.59. The van der Waals surface area contributed by atoms with Crippen molar-refractivity contribution in [1.82, 2.24) is 0 Å². The summed E-state index contributed by atoms with van der Waals surface area (Å²) in [4.78, 5) is 0. The summed E-state index contributed by atoms with van der Waals surface area (Å²) in [6.45, 7) is 13.8. The van der Waals surface area contributed by atoms with Crippen molar-refractivity contribution in [1.29, 1.82) is 0 Å². The summed E-state index contributed by atoms with van der Waals surface area (Å²) in [5, 5.41) is 1.03. The minimum Gasteiger partial charge on any atom is -0.0924 e. The zero-order valence-corrected chi connectivity index (χ0v) is 13.6. The first kappa shape index (κ1) is 14.8. The van der Waals surface area contributed by atoms with Crippen molar-refractivity contribution in [2.24, 2.45) is 0 Å². The maximum Gasteiger partial charge on any atom is 0.00720 e. The Balaban J connectivity index is 3.43. The predicted octanol–water partition coefficient (Wildman–Crippen LogP) is 5.22. The molecule has 1 rings (SSSR count). The highest BCUT2D eigenvalue weighted by Crippen LogP contribution is 2.34. The Kier molecular flexibility index (Phi) is 4.46. The summed E-state index contributed by atoms with van der Waals surface area (Å²) < 4.78 is 0. The molecule has 0 atom stereocenters. The largest absolute Gasteiger partial charge is 0.0924 e. The van der Waals surface area contributed by atoms with Crippen LogP contribution in [0.2, 0.25) is 0 Å². The Morgan fingerprint density at radius 1 is 0.882 bits per heavy atom. The van der Waals surface area contributed by atoms with Gasteiger partial charge in [-0.25, -0.2) is 0 Å². The number of hydrogen-bond donors (Lipinski definition) is 0. The molecule has 96 valence electrons. The molecule has 0 nitrogen and oxygen atoms in total. The number of alkyl halides is 1. The third-order valence-corrected chi connectivity index (χ3v) is 3.53. The maximum atomic E-state index is 3.59. The van der Waals surface area contributed by atoms with Crippen molar-refractivity contribution >= 4 is 15.9 Å². The average molecular weight is 297 g/mol. The molecule has 1 aromatic carbocycles. The van der Waals surface area contributed by atoms with Crippen molar-refractivity contribution in [2.45, 2.75) is 58.8 Å². The summed E-state index contributed by atoms with van der Waals surface area (Å²) in [5.41, 5.74) is 4.95. The minimum atomic E-state index is 0.221. The number of rotatable bonds is 2. The number of benzene rings is 1. The molecule has 0 radical (unpaired) electrons. The Hall–Kier alpha value is -0.300. The lowest BCUT2D eigenvalue weighted by Crippen LogP contribution is -2.21. The van der Waals surface area contributed by atoms with Gasteiger partial charge in [0, 0.05) is 5.33 Å². The predicted molar refractivity (Wildman–Crippen MR) is 81.3 cm³/mol. The molecular weight excluding hydrogens is 272 g/mol. The van der Waals surface area contributed by atoms with Crippen LogP contribution in [0.15, 0.2) is 18.2 Å². The first-order valence-electron chi connectivity index (χ1n) is 6.36. The van der Waals surface area contributed by atoms with Gasteiger partial charge < -0.3 is 0 Å². The SMILES string of the molecule is CC(C)(C)c1cccc(C(C)(C)C)c1CCBr. The van der Waals surface area contributed by atoms with E-state index in [0.29, 0.717) is 0 Å². The van der Waals surface area contributed by atoms with E-state index < -0.39 is 0 Å². The molecule has 0 aromatic heterocycles. The minimum absolute atomic E-state index is 0.221. The van der Waals surface area contributed by atoms with Crippen LogP contribution in [0.1, 0.15) is 58.2 Å². The van der Waals surface area contributed by atoms with Crippen LogP contribution >= 0.6 is 15.9 Å². The van der Waals surface area contributed by atoms with Crippen LogP contribution in [-0.2, 0) is 17.3 Å². The number of hydrogen-bond acceptors (Lipinski definition) is 0. The zero-order chi connectivity index (χ0) is 13.3. The van der Waals surface area contributed by atoms with E-state index in [1.807, 2.05) is 0 Å². The van der Waals surface area contributed by atoms with E-state index in [1.165, 1.54) is 16.7 Å². The van der Waals surface area contributed by atoms with E-state index in [1.54, 1.807) is 0 Å². The molecule has 0 heterocycles. The molecule has 0 aliphatic carbocycles. The third kappa shape index (κ3) is 3.58. The van der Waals surface area contributed by atoms with E-state index in [4.69, 9.17) is 0 Å². The second-order valence-corrected chi connectivity index (χ2v) is 7.56. The van der Waals surface area contributed by atoms with Crippen LogP contribution in [0.3, 0.4) is 0 Å². The molecular formula is C16H25Br. The van der Waals surface area contributed by atoms with Crippen LogP contribution in [0.4, 0.5) is 0 Å². The summed E-state index contributed by atoms with van der Waals surface area (Å²) in [6, 6.07) is 6.78. The second-order valence-electron chi connectivity index (χ2n) is 6.77. The lowest BCUT2D eigenvalue weighted by atomic mass is 9.75. The van der Waals surface area contributed by atoms with Gasteiger partial charge in [0.05, 0.1) is 0 Å². The fourth-order valence-corrected chi connectivity index (χ4v) is 2.75. The van der Waals surface area contributed by atoms with Crippen LogP contribution in [0.25, 0.3) is 0 Å². The molecule has 0 unspecified atom stereocenters. The number of halogens is 1. The fraction of sp³-hybridized carbons (Fsp3) is 0.625. The van der Waals surface area contributed by atoms with Gasteiger partial charge in [0.2, 0.25) is 0 Å². The van der Waals surface area contributed by atoms with Crippen molar-refractivity contribution in [2.75, 3.05) is 5.33 Å². The molecule has 1 heteroatoms. The smallest absolute Gasteiger partial charge is 0.00720 e. The molecule has 0 saturated heterocycles. The first-order chi connectivity index (χ1) is 7.68. The van der Waals surface area contributed by atoms with Crippen LogP contribution in [0, 0.1) is 0 Å². The van der Waals surface area contributed by atoms with Crippen LogP contribution in [-0.4, -0.2) is 5.33 Å². The van der Waals surface area contributed by atoms with Gasteiger partial charge in [-0.3, -0.25) is 0 Å². The molecule has 0 amide bonds. The Morgan fingerprint density at radius 3 is 1.59 bits per heavy atom. The van der Waals surface area contributed by atoms with Gasteiger partial charge in [-0.1, -0.05) is 75.7 Å². The van der Waals surface area contributed by atoms with Gasteiger partial charge in [-0.05, 0) is 33.9 Å². The quantitative estimate of drug-likeness (QED) is 0.657. The normalized spacial score (nSPS) is 12.9. The second kappa shape index (κ2) is 5.14. The van der Waals surface area contributed by atoms with Gasteiger partial charge in [0.25, 0.3) is 0 Å². The average Bonchev–Trinajstić information content (AvgIpc) is 2.15. The van der Waals surface area contributed by atoms with Crippen molar-refractivity contribution < 1.29 is 0 Å². The van der Waals surface area contributed by atoms with Gasteiger partial charge in [0.1, 0.15) is 0 Å². The van der Waals surface area contributed by atoms with Crippen molar-refractivity contribution in [3.05, 3.63) is 34.9 Å². The van der Waals surface area contributed by atoms with Crippen LogP contribution in [0.5, 0.6) is 0 Å². The molecule has 17 heavy (non-hydrogen) atoms. The first-order valence-corrected chi connectivity index (χ1v) is 7.49. The van der Waals surface area contributed by atoms with Gasteiger partial charge in [-0.15, -0.1) is 0 Å². The lowest BCUT2D eigenvalue weighted by molar-refractivity contribution is 0.557. The topological polar surface area (TPSA) is 0 Å². The molecule has 1 aromatic rings. The van der Waals surface area contributed by atoms with Crippen molar-refractivity contribution in [3.8, 4) is 0 Å². The Bertz CT molecular complexity index is 345. The van der Waals surface area contributed by atoms with Crippen molar-refractivity contribution in [3.63, 3.8) is 0 Å². The van der Waals surface area contributed by atoms with E-state index in [0.717, 1.165) is 11.8 Å². The van der Waals surface area contributed by atoms with E-state index in [-0.39, 0.29) is 10.8 Å². The molecule has 0 spiro atoms. The Morgan fingerprint density at radius 2 is 1.29 bits per heavy atom. The highest BCUT2D eigenvalue weighted by atomic mass is 79.9. The van der Waals surface area contributed by atoms with Gasteiger partial charge >= 0.3 is 0 Å². The standard InChI is InChI=1S/C16H25Br/c1-15(2,3)13-8-7-9-14(16(4,5)6)12(13)10-11-17/h7-9H,10-11H2,1-6H3. The molecule has 0 bridgehead atoms. The third-order valence-electron chi connectivity index (χ3n) is 3.14. The fourth-order valence-electron chi connectivity index (χ4n) is 2.36. The lowest BCUT2D eigenvalue weighted by Gasteiger charge is -2.29. The Labute approximate surface area is 115 Å².